The summed E-state index contributed by atoms with van der Waals surface area (Å²) in [5.74, 6) is 0. The van der Waals surface area contributed by atoms with Crippen LogP contribution in [0.4, 0.5) is 4.79 Å². The fraction of sp³-hybridized carbons (Fsp3) is 0.562. The monoisotopic (exact) mass is 341 g/mol. The molecule has 0 radical (unpaired) electrons. The summed E-state index contributed by atoms with van der Waals surface area (Å²) in [6.07, 6.45) is 3.36. The van der Waals surface area contributed by atoms with Crippen LogP contribution in [-0.4, -0.2) is 38.8 Å². The van der Waals surface area contributed by atoms with Gasteiger partial charge in [0.25, 0.3) is 10.1 Å². The third kappa shape index (κ3) is 5.51. The SMILES string of the molecule is CCCCOC(=O)N1CCc2cc(COS(C)(=O)=O)ccc2C1. The Morgan fingerprint density at radius 2 is 2.09 bits per heavy atom. The molecule has 1 heterocycles. The molecule has 23 heavy (non-hydrogen) atoms. The van der Waals surface area contributed by atoms with Gasteiger partial charge in [-0.2, -0.15) is 8.42 Å². The highest BCUT2D eigenvalue weighted by atomic mass is 32.2. The minimum Gasteiger partial charge on any atom is -0.449 e. The average molecular weight is 341 g/mol. The zero-order valence-corrected chi connectivity index (χ0v) is 14.4. The number of hydrogen-bond donors (Lipinski definition) is 0. The van der Waals surface area contributed by atoms with Gasteiger partial charge in [-0.25, -0.2) is 4.79 Å². The van der Waals surface area contributed by atoms with Crippen molar-refractivity contribution in [3.63, 3.8) is 0 Å². The second kappa shape index (κ2) is 7.79. The Morgan fingerprint density at radius 3 is 2.78 bits per heavy atom. The predicted molar refractivity (Wildman–Crippen MR) is 86.4 cm³/mol. The largest absolute Gasteiger partial charge is 0.449 e. The average Bonchev–Trinajstić information content (AvgIpc) is 2.51. The molecule has 1 aliphatic rings. The van der Waals surface area contributed by atoms with E-state index in [0.29, 0.717) is 19.7 Å². The van der Waals surface area contributed by atoms with Crippen LogP contribution in [0.3, 0.4) is 0 Å². The van der Waals surface area contributed by atoms with Crippen LogP contribution in [-0.2, 0) is 38.6 Å². The van der Waals surface area contributed by atoms with E-state index in [1.807, 2.05) is 18.2 Å². The van der Waals surface area contributed by atoms with Crippen LogP contribution in [0.2, 0.25) is 0 Å². The number of amides is 1. The van der Waals surface area contributed by atoms with Gasteiger partial charge in [0.15, 0.2) is 0 Å². The second-order valence-electron chi connectivity index (χ2n) is 5.71. The summed E-state index contributed by atoms with van der Waals surface area (Å²) < 4.78 is 32.1. The standard InChI is InChI=1S/C16H23NO5S/c1-3-4-9-21-16(18)17-8-7-14-10-13(5-6-15(14)11-17)12-22-23(2,19)20/h5-6,10H,3-4,7-9,11-12H2,1-2H3. The number of rotatable bonds is 6. The first kappa shape index (κ1) is 17.7. The third-order valence-electron chi connectivity index (χ3n) is 3.70. The van der Waals surface area contributed by atoms with Gasteiger partial charge in [-0.15, -0.1) is 0 Å². The Kier molecular flexibility index (Phi) is 6.01. The molecule has 0 bridgehead atoms. The molecule has 2 rings (SSSR count). The summed E-state index contributed by atoms with van der Waals surface area (Å²) in [6.45, 7) is 3.67. The van der Waals surface area contributed by atoms with E-state index in [2.05, 4.69) is 6.92 Å². The number of benzene rings is 1. The number of carbonyl (C=O) groups is 1. The van der Waals surface area contributed by atoms with E-state index in [-0.39, 0.29) is 12.7 Å². The van der Waals surface area contributed by atoms with E-state index in [4.69, 9.17) is 8.92 Å². The minimum atomic E-state index is -3.44. The van der Waals surface area contributed by atoms with Crippen molar-refractivity contribution in [3.8, 4) is 0 Å². The maximum absolute atomic E-state index is 12.0. The lowest BCUT2D eigenvalue weighted by Gasteiger charge is -2.28. The molecule has 0 fully saturated rings. The van der Waals surface area contributed by atoms with E-state index in [1.54, 1.807) is 4.90 Å². The molecule has 0 saturated heterocycles. The van der Waals surface area contributed by atoms with Gasteiger partial charge in [-0.1, -0.05) is 31.5 Å². The molecule has 0 saturated carbocycles. The lowest BCUT2D eigenvalue weighted by Crippen LogP contribution is -2.36. The van der Waals surface area contributed by atoms with Gasteiger partial charge in [0.2, 0.25) is 0 Å². The number of unbranched alkanes of at least 4 members (excludes halogenated alkanes) is 1. The molecule has 1 aliphatic heterocycles. The normalized spacial score (nSPS) is 14.4. The Balaban J connectivity index is 1.95. The maximum Gasteiger partial charge on any atom is 0.410 e. The zero-order chi connectivity index (χ0) is 16.9. The predicted octanol–water partition coefficient (Wildman–Crippen LogP) is 2.46. The van der Waals surface area contributed by atoms with Crippen LogP contribution >= 0.6 is 0 Å². The highest BCUT2D eigenvalue weighted by Gasteiger charge is 2.22. The van der Waals surface area contributed by atoms with Crippen molar-refractivity contribution >= 4 is 16.2 Å². The van der Waals surface area contributed by atoms with Crippen molar-refractivity contribution in [3.05, 3.63) is 34.9 Å². The number of fused-ring (bicyclic) bond motifs is 1. The molecule has 0 aromatic heterocycles. The molecule has 7 heteroatoms. The van der Waals surface area contributed by atoms with Crippen LogP contribution in [0.1, 0.15) is 36.5 Å². The first-order valence-electron chi connectivity index (χ1n) is 7.76. The molecule has 0 N–H and O–H groups in total. The highest BCUT2D eigenvalue weighted by molar-refractivity contribution is 7.85. The molecule has 0 unspecified atom stereocenters. The van der Waals surface area contributed by atoms with E-state index < -0.39 is 10.1 Å². The molecule has 0 atom stereocenters. The van der Waals surface area contributed by atoms with E-state index in [1.165, 1.54) is 0 Å². The van der Waals surface area contributed by atoms with E-state index >= 15 is 0 Å². The molecule has 6 nitrogen and oxygen atoms in total. The van der Waals surface area contributed by atoms with Gasteiger partial charge in [0, 0.05) is 13.1 Å². The Bertz CT molecular complexity index is 656. The van der Waals surface area contributed by atoms with Crippen LogP contribution in [0.15, 0.2) is 18.2 Å². The smallest absolute Gasteiger partial charge is 0.410 e. The summed E-state index contributed by atoms with van der Waals surface area (Å²) in [5, 5.41) is 0. The fourth-order valence-corrected chi connectivity index (χ4v) is 2.77. The summed E-state index contributed by atoms with van der Waals surface area (Å²) in [4.78, 5) is 13.7. The summed E-state index contributed by atoms with van der Waals surface area (Å²) in [6, 6.07) is 5.69. The topological polar surface area (TPSA) is 72.9 Å². The van der Waals surface area contributed by atoms with Crippen LogP contribution in [0.5, 0.6) is 0 Å². The van der Waals surface area contributed by atoms with E-state index in [9.17, 15) is 13.2 Å². The van der Waals surface area contributed by atoms with Gasteiger partial charge < -0.3 is 9.64 Å². The Morgan fingerprint density at radius 1 is 1.30 bits per heavy atom. The molecule has 1 aromatic carbocycles. The fourth-order valence-electron chi connectivity index (χ4n) is 2.42. The first-order valence-corrected chi connectivity index (χ1v) is 9.57. The quantitative estimate of drug-likeness (QED) is 0.587. The van der Waals surface area contributed by atoms with Gasteiger partial charge in [-0.3, -0.25) is 4.18 Å². The van der Waals surface area contributed by atoms with Crippen molar-refractivity contribution in [1.29, 1.82) is 0 Å². The first-order chi connectivity index (χ1) is 10.9. The summed E-state index contributed by atoms with van der Waals surface area (Å²) in [5.41, 5.74) is 3.00. The molecular weight excluding hydrogens is 318 g/mol. The number of nitrogens with zero attached hydrogens (tertiary/aromatic N) is 1. The van der Waals surface area contributed by atoms with Crippen molar-refractivity contribution in [2.75, 3.05) is 19.4 Å². The zero-order valence-electron chi connectivity index (χ0n) is 13.6. The van der Waals surface area contributed by atoms with Gasteiger partial charge in [0.05, 0.1) is 19.5 Å². The molecule has 1 aromatic rings. The Labute approximate surface area is 137 Å². The second-order valence-corrected chi connectivity index (χ2v) is 7.35. The molecule has 0 spiro atoms. The lowest BCUT2D eigenvalue weighted by atomic mass is 9.98. The van der Waals surface area contributed by atoms with Crippen molar-refractivity contribution in [2.45, 2.75) is 39.3 Å². The van der Waals surface area contributed by atoms with Crippen LogP contribution in [0.25, 0.3) is 0 Å². The lowest BCUT2D eigenvalue weighted by molar-refractivity contribution is 0.0966. The Hall–Kier alpha value is -1.60. The molecular formula is C16H23NO5S. The molecule has 128 valence electrons. The minimum absolute atomic E-state index is 0.0366. The highest BCUT2D eigenvalue weighted by Crippen LogP contribution is 2.21. The summed E-state index contributed by atoms with van der Waals surface area (Å²) in [7, 11) is -3.44. The van der Waals surface area contributed by atoms with Gasteiger partial charge in [0.1, 0.15) is 0 Å². The van der Waals surface area contributed by atoms with Crippen molar-refractivity contribution < 1.29 is 22.1 Å². The number of ether oxygens (including phenoxy) is 1. The van der Waals surface area contributed by atoms with Gasteiger partial charge in [-0.05, 0) is 29.5 Å². The third-order valence-corrected chi connectivity index (χ3v) is 4.25. The van der Waals surface area contributed by atoms with Crippen molar-refractivity contribution in [1.82, 2.24) is 4.90 Å². The van der Waals surface area contributed by atoms with Crippen molar-refractivity contribution in [2.24, 2.45) is 0 Å². The molecule has 1 amide bonds. The van der Waals surface area contributed by atoms with E-state index in [0.717, 1.165) is 42.2 Å². The summed E-state index contributed by atoms with van der Waals surface area (Å²) >= 11 is 0. The molecule has 0 aliphatic carbocycles. The van der Waals surface area contributed by atoms with Gasteiger partial charge >= 0.3 is 6.09 Å². The number of hydrogen-bond acceptors (Lipinski definition) is 5. The number of carbonyl (C=O) groups excluding carboxylic acids is 1. The van der Waals surface area contributed by atoms with Crippen LogP contribution < -0.4 is 0 Å². The maximum atomic E-state index is 12.0. The van der Waals surface area contributed by atoms with Crippen LogP contribution in [0, 0.1) is 0 Å².